The third-order valence-electron chi connectivity index (χ3n) is 3.36. The Balaban J connectivity index is 2.09. The molecule has 1 rings (SSSR count). The summed E-state index contributed by atoms with van der Waals surface area (Å²) in [6.45, 7) is -1.35. The molecule has 0 aliphatic heterocycles. The van der Waals surface area contributed by atoms with Crippen molar-refractivity contribution in [2.45, 2.75) is 50.9 Å². The van der Waals surface area contributed by atoms with E-state index in [2.05, 4.69) is 10.8 Å². The second kappa shape index (κ2) is 9.52. The number of carbonyl (C=O) groups excluding carboxylic acids is 2. The van der Waals surface area contributed by atoms with Crippen molar-refractivity contribution in [1.82, 2.24) is 0 Å². The fourth-order valence-electron chi connectivity index (χ4n) is 1.98. The molecule has 0 saturated carbocycles. The number of allylic oxidation sites excluding steroid dienone is 2. The Labute approximate surface area is 131 Å². The third kappa shape index (κ3) is 7.99. The number of carbonyl (C=O) groups is 2. The van der Waals surface area contributed by atoms with Gasteiger partial charge in [-0.3, -0.25) is 9.59 Å². The van der Waals surface area contributed by atoms with Crippen LogP contribution >= 0.6 is 0 Å². The molecule has 0 saturated heterocycles. The Hall–Kier alpha value is -1.60. The van der Waals surface area contributed by atoms with E-state index in [-0.39, 0.29) is 19.3 Å². The van der Waals surface area contributed by atoms with Crippen molar-refractivity contribution < 1.29 is 36.6 Å². The first-order valence-corrected chi connectivity index (χ1v) is 7.43. The molecule has 23 heavy (non-hydrogen) atoms. The number of rotatable bonds is 9. The van der Waals surface area contributed by atoms with Crippen LogP contribution in [0.4, 0.5) is 17.6 Å². The molecule has 0 bridgehead atoms. The minimum atomic E-state index is -4.36. The number of ether oxygens (including phenoxy) is 2. The molecule has 0 aromatic heterocycles. The van der Waals surface area contributed by atoms with E-state index in [9.17, 15) is 27.2 Å². The van der Waals surface area contributed by atoms with Gasteiger partial charge in [0.1, 0.15) is 0 Å². The van der Waals surface area contributed by atoms with Crippen molar-refractivity contribution in [3.05, 3.63) is 12.2 Å². The Morgan fingerprint density at radius 3 is 2.35 bits per heavy atom. The fourth-order valence-corrected chi connectivity index (χ4v) is 1.98. The fraction of sp³-hybridized carbons (Fsp3) is 0.733. The highest BCUT2D eigenvalue weighted by molar-refractivity contribution is 5.72. The minimum absolute atomic E-state index is 0.0527. The molecule has 0 radical (unpaired) electrons. The van der Waals surface area contributed by atoms with E-state index in [1.165, 1.54) is 0 Å². The first kappa shape index (κ1) is 19.4. The highest BCUT2D eigenvalue weighted by atomic mass is 19.3. The summed E-state index contributed by atoms with van der Waals surface area (Å²) in [5.74, 6) is -5.59. The molecule has 0 fully saturated rings. The molecule has 0 amide bonds. The first-order chi connectivity index (χ1) is 10.8. The molecule has 0 N–H and O–H groups in total. The summed E-state index contributed by atoms with van der Waals surface area (Å²) < 4.78 is 57.9. The highest BCUT2D eigenvalue weighted by Crippen LogP contribution is 2.23. The van der Waals surface area contributed by atoms with Crippen molar-refractivity contribution in [2.75, 3.05) is 13.2 Å². The second-order valence-corrected chi connectivity index (χ2v) is 5.41. The molecule has 4 nitrogen and oxygen atoms in total. The lowest BCUT2D eigenvalue weighted by Crippen LogP contribution is -2.33. The van der Waals surface area contributed by atoms with Gasteiger partial charge in [0.05, 0.1) is 6.61 Å². The van der Waals surface area contributed by atoms with Crippen LogP contribution in [-0.2, 0) is 19.1 Å². The van der Waals surface area contributed by atoms with Crippen LogP contribution in [0.1, 0.15) is 38.5 Å². The summed E-state index contributed by atoms with van der Waals surface area (Å²) in [4.78, 5) is 22.6. The van der Waals surface area contributed by atoms with Crippen LogP contribution < -0.4 is 0 Å². The van der Waals surface area contributed by atoms with E-state index in [4.69, 9.17) is 4.74 Å². The average Bonchev–Trinajstić information content (AvgIpc) is 2.52. The smallest absolute Gasteiger partial charge is 0.340 e. The largest absolute Gasteiger partial charge is 0.465 e. The summed E-state index contributed by atoms with van der Waals surface area (Å²) in [5, 5.41) is 0. The van der Waals surface area contributed by atoms with Crippen LogP contribution in [0.25, 0.3) is 0 Å². The molecule has 8 heteroatoms. The maximum atomic E-state index is 12.5. The van der Waals surface area contributed by atoms with Gasteiger partial charge in [-0.15, -0.1) is 0 Å². The number of halogens is 4. The van der Waals surface area contributed by atoms with Crippen molar-refractivity contribution in [3.63, 3.8) is 0 Å². The maximum absolute atomic E-state index is 12.5. The normalized spacial score (nSPS) is 18.0. The molecular weight excluding hydrogens is 320 g/mol. The summed E-state index contributed by atoms with van der Waals surface area (Å²) in [6, 6.07) is 0. The number of hydrogen-bond acceptors (Lipinski definition) is 4. The Bertz CT molecular complexity index is 424. The zero-order valence-corrected chi connectivity index (χ0v) is 12.6. The molecule has 132 valence electrons. The summed E-state index contributed by atoms with van der Waals surface area (Å²) in [5.41, 5.74) is 0. The topological polar surface area (TPSA) is 52.6 Å². The summed E-state index contributed by atoms with van der Waals surface area (Å²) in [7, 11) is 0. The van der Waals surface area contributed by atoms with E-state index in [0.717, 1.165) is 19.3 Å². The van der Waals surface area contributed by atoms with Gasteiger partial charge in [-0.05, 0) is 31.6 Å². The zero-order chi connectivity index (χ0) is 17.3. The van der Waals surface area contributed by atoms with E-state index in [1.54, 1.807) is 0 Å². The van der Waals surface area contributed by atoms with Gasteiger partial charge in [0.2, 0.25) is 0 Å². The first-order valence-electron chi connectivity index (χ1n) is 7.43. The van der Waals surface area contributed by atoms with E-state index in [1.807, 2.05) is 6.08 Å². The summed E-state index contributed by atoms with van der Waals surface area (Å²) in [6.07, 6.45) is 2.68. The third-order valence-corrected chi connectivity index (χ3v) is 3.36. The van der Waals surface area contributed by atoms with Gasteiger partial charge in [-0.25, -0.2) is 8.78 Å². The molecule has 1 aliphatic carbocycles. The maximum Gasteiger partial charge on any atom is 0.340 e. The van der Waals surface area contributed by atoms with E-state index in [0.29, 0.717) is 12.5 Å². The lowest BCUT2D eigenvalue weighted by molar-refractivity contribution is -0.179. The van der Waals surface area contributed by atoms with Crippen LogP contribution in [0.2, 0.25) is 0 Å². The van der Waals surface area contributed by atoms with Gasteiger partial charge in [0.25, 0.3) is 0 Å². The van der Waals surface area contributed by atoms with E-state index >= 15 is 0 Å². The molecular formula is C15H20F4O4. The van der Waals surface area contributed by atoms with Crippen LogP contribution in [0.15, 0.2) is 12.2 Å². The van der Waals surface area contributed by atoms with Crippen LogP contribution in [-0.4, -0.2) is 37.5 Å². The molecule has 1 unspecified atom stereocenters. The number of hydrogen-bond donors (Lipinski definition) is 0. The van der Waals surface area contributed by atoms with Crippen molar-refractivity contribution in [3.8, 4) is 0 Å². The predicted octanol–water partition coefficient (Wildman–Crippen LogP) is 3.50. The Morgan fingerprint density at radius 2 is 1.78 bits per heavy atom. The molecule has 1 aliphatic rings. The Morgan fingerprint density at radius 1 is 1.13 bits per heavy atom. The molecule has 1 atom stereocenters. The quantitative estimate of drug-likeness (QED) is 0.366. The van der Waals surface area contributed by atoms with Crippen molar-refractivity contribution in [2.24, 2.45) is 5.92 Å². The van der Waals surface area contributed by atoms with Gasteiger partial charge in [-0.1, -0.05) is 12.2 Å². The minimum Gasteiger partial charge on any atom is -0.465 e. The highest BCUT2D eigenvalue weighted by Gasteiger charge is 2.42. The van der Waals surface area contributed by atoms with Crippen molar-refractivity contribution >= 4 is 11.9 Å². The Kier molecular flexibility index (Phi) is 8.05. The lowest BCUT2D eigenvalue weighted by Gasteiger charge is -2.17. The SMILES string of the molecule is O=C(CCCC(=O)OCC(F)(F)C(F)F)OCC1CC=CCC1. The zero-order valence-electron chi connectivity index (χ0n) is 12.6. The second-order valence-electron chi connectivity index (χ2n) is 5.41. The van der Waals surface area contributed by atoms with Gasteiger partial charge in [0.15, 0.2) is 6.61 Å². The lowest BCUT2D eigenvalue weighted by atomic mass is 9.95. The molecule has 0 spiro atoms. The predicted molar refractivity (Wildman–Crippen MR) is 73.2 cm³/mol. The molecule has 0 heterocycles. The standard InChI is InChI=1S/C15H20F4O4/c16-14(17)15(18,19)10-23-13(21)8-4-7-12(20)22-9-11-5-2-1-3-6-11/h1-2,11,14H,3-10H2. The molecule has 0 aromatic rings. The van der Waals surface area contributed by atoms with Gasteiger partial charge in [0, 0.05) is 12.8 Å². The van der Waals surface area contributed by atoms with E-state index < -0.39 is 30.9 Å². The number of esters is 2. The average molecular weight is 340 g/mol. The van der Waals surface area contributed by atoms with Crippen LogP contribution in [0.5, 0.6) is 0 Å². The van der Waals surface area contributed by atoms with Crippen LogP contribution in [0, 0.1) is 5.92 Å². The van der Waals surface area contributed by atoms with Crippen LogP contribution in [0.3, 0.4) is 0 Å². The number of alkyl halides is 4. The van der Waals surface area contributed by atoms with Gasteiger partial charge in [-0.2, -0.15) is 8.78 Å². The monoisotopic (exact) mass is 340 g/mol. The van der Waals surface area contributed by atoms with Crippen molar-refractivity contribution in [1.29, 1.82) is 0 Å². The summed E-state index contributed by atoms with van der Waals surface area (Å²) >= 11 is 0. The molecule has 0 aromatic carbocycles. The van der Waals surface area contributed by atoms with Gasteiger partial charge < -0.3 is 9.47 Å². The van der Waals surface area contributed by atoms with Gasteiger partial charge >= 0.3 is 24.3 Å².